The molecular formula is C26H21N3O2S. The first-order valence-corrected chi connectivity index (χ1v) is 11.0. The van der Waals surface area contributed by atoms with Gasteiger partial charge in [-0.1, -0.05) is 30.3 Å². The van der Waals surface area contributed by atoms with Gasteiger partial charge in [-0.25, -0.2) is 9.67 Å². The molecule has 0 fully saturated rings. The monoisotopic (exact) mass is 439 g/mol. The standard InChI is InChI=1S/C26H21N3O2S/c1-30-22-14-12-18(16-23(22)31-2)26-19(17-29(28-26)20-8-4-3-5-9-20)13-15-25-27-21-10-6-7-11-24(21)32-25/h3-17H,1-2H3. The quantitative estimate of drug-likeness (QED) is 0.310. The zero-order chi connectivity index (χ0) is 21.9. The van der Waals surface area contributed by atoms with Gasteiger partial charge in [0.05, 0.1) is 30.1 Å². The first-order valence-electron chi connectivity index (χ1n) is 10.2. The first-order chi connectivity index (χ1) is 15.7. The molecule has 0 unspecified atom stereocenters. The van der Waals surface area contributed by atoms with Crippen molar-refractivity contribution in [3.05, 3.63) is 89.6 Å². The highest BCUT2D eigenvalue weighted by atomic mass is 32.1. The molecule has 5 rings (SSSR count). The van der Waals surface area contributed by atoms with Crippen molar-refractivity contribution in [3.8, 4) is 28.4 Å². The van der Waals surface area contributed by atoms with E-state index < -0.39 is 0 Å². The molecule has 2 aromatic heterocycles. The van der Waals surface area contributed by atoms with Crippen molar-refractivity contribution >= 4 is 33.7 Å². The maximum absolute atomic E-state index is 5.51. The van der Waals surface area contributed by atoms with Gasteiger partial charge < -0.3 is 9.47 Å². The van der Waals surface area contributed by atoms with Gasteiger partial charge in [0.2, 0.25) is 0 Å². The number of nitrogens with zero attached hydrogens (tertiary/aromatic N) is 3. The summed E-state index contributed by atoms with van der Waals surface area (Å²) in [6.07, 6.45) is 6.14. The molecule has 0 spiro atoms. The number of aromatic nitrogens is 3. The third kappa shape index (κ3) is 3.88. The number of hydrogen-bond donors (Lipinski definition) is 0. The minimum atomic E-state index is 0.667. The van der Waals surface area contributed by atoms with E-state index in [2.05, 4.69) is 12.1 Å². The van der Waals surface area contributed by atoms with E-state index in [1.807, 2.05) is 83.7 Å². The third-order valence-corrected chi connectivity index (χ3v) is 6.14. The highest BCUT2D eigenvalue weighted by molar-refractivity contribution is 7.19. The van der Waals surface area contributed by atoms with E-state index in [9.17, 15) is 0 Å². The molecule has 0 aliphatic rings. The molecule has 0 saturated heterocycles. The lowest BCUT2D eigenvalue weighted by Crippen LogP contribution is -1.94. The van der Waals surface area contributed by atoms with Crippen LogP contribution in [0.1, 0.15) is 10.6 Å². The minimum absolute atomic E-state index is 0.667. The molecule has 0 atom stereocenters. The number of rotatable bonds is 6. The lowest BCUT2D eigenvalue weighted by Gasteiger charge is -2.09. The summed E-state index contributed by atoms with van der Waals surface area (Å²) in [5.41, 5.74) is 4.79. The van der Waals surface area contributed by atoms with Crippen LogP contribution in [-0.4, -0.2) is 29.0 Å². The van der Waals surface area contributed by atoms with Crippen molar-refractivity contribution in [1.82, 2.24) is 14.8 Å². The first kappa shape index (κ1) is 20.0. The fourth-order valence-corrected chi connectivity index (χ4v) is 4.42. The van der Waals surface area contributed by atoms with Gasteiger partial charge >= 0.3 is 0 Å². The van der Waals surface area contributed by atoms with Crippen molar-refractivity contribution in [2.75, 3.05) is 14.2 Å². The summed E-state index contributed by atoms with van der Waals surface area (Å²) < 4.78 is 14.0. The predicted octanol–water partition coefficient (Wildman–Crippen LogP) is 6.34. The fourth-order valence-electron chi connectivity index (χ4n) is 3.55. The van der Waals surface area contributed by atoms with E-state index in [1.54, 1.807) is 25.6 Å². The smallest absolute Gasteiger partial charge is 0.161 e. The highest BCUT2D eigenvalue weighted by Crippen LogP contribution is 2.34. The molecule has 3 aromatic carbocycles. The Bertz CT molecular complexity index is 1370. The van der Waals surface area contributed by atoms with Crippen molar-refractivity contribution < 1.29 is 9.47 Å². The van der Waals surface area contributed by atoms with Gasteiger partial charge in [0.15, 0.2) is 11.5 Å². The van der Waals surface area contributed by atoms with Crippen LogP contribution in [0.4, 0.5) is 0 Å². The van der Waals surface area contributed by atoms with Crippen LogP contribution < -0.4 is 9.47 Å². The molecule has 5 nitrogen and oxygen atoms in total. The van der Waals surface area contributed by atoms with Gasteiger partial charge in [-0.3, -0.25) is 0 Å². The summed E-state index contributed by atoms with van der Waals surface area (Å²) in [6, 6.07) is 24.1. The second kappa shape index (κ2) is 8.69. The van der Waals surface area contributed by atoms with Crippen LogP contribution in [0.3, 0.4) is 0 Å². The van der Waals surface area contributed by atoms with E-state index >= 15 is 0 Å². The fraction of sp³-hybridized carbons (Fsp3) is 0.0769. The van der Waals surface area contributed by atoms with Crippen molar-refractivity contribution in [2.45, 2.75) is 0 Å². The summed E-state index contributed by atoms with van der Waals surface area (Å²) in [5, 5.41) is 5.84. The summed E-state index contributed by atoms with van der Waals surface area (Å²) in [6.45, 7) is 0. The molecule has 6 heteroatoms. The minimum Gasteiger partial charge on any atom is -0.493 e. The molecule has 2 heterocycles. The summed E-state index contributed by atoms with van der Waals surface area (Å²) in [7, 11) is 3.27. The SMILES string of the molecule is COc1ccc(-c2nn(-c3ccccc3)cc2C=Cc2nc3ccccc3s2)cc1OC. The Morgan fingerprint density at radius 2 is 1.62 bits per heavy atom. The average Bonchev–Trinajstić information content (AvgIpc) is 3.47. The van der Waals surface area contributed by atoms with Crippen LogP contribution >= 0.6 is 11.3 Å². The molecule has 0 radical (unpaired) electrons. The molecule has 5 aromatic rings. The Hall–Kier alpha value is -3.90. The number of thiazole rings is 1. The third-order valence-electron chi connectivity index (χ3n) is 5.14. The van der Waals surface area contributed by atoms with Crippen LogP contribution in [0.2, 0.25) is 0 Å². The second-order valence-corrected chi connectivity index (χ2v) is 8.20. The van der Waals surface area contributed by atoms with E-state index in [0.29, 0.717) is 11.5 Å². The maximum Gasteiger partial charge on any atom is 0.161 e. The normalized spacial score (nSPS) is 11.3. The van der Waals surface area contributed by atoms with Gasteiger partial charge in [-0.15, -0.1) is 11.3 Å². The van der Waals surface area contributed by atoms with Crippen LogP contribution in [-0.2, 0) is 0 Å². The largest absolute Gasteiger partial charge is 0.493 e. The van der Waals surface area contributed by atoms with Gasteiger partial charge in [0.1, 0.15) is 10.7 Å². The van der Waals surface area contributed by atoms with Crippen molar-refractivity contribution in [2.24, 2.45) is 0 Å². The highest BCUT2D eigenvalue weighted by Gasteiger charge is 2.14. The lowest BCUT2D eigenvalue weighted by molar-refractivity contribution is 0.355. The topological polar surface area (TPSA) is 49.2 Å². The van der Waals surface area contributed by atoms with Crippen LogP contribution in [0.25, 0.3) is 39.3 Å². The zero-order valence-corrected chi connectivity index (χ0v) is 18.5. The Labute approximate surface area is 190 Å². The van der Waals surface area contributed by atoms with Crippen LogP contribution in [0, 0.1) is 0 Å². The maximum atomic E-state index is 5.51. The van der Waals surface area contributed by atoms with Crippen molar-refractivity contribution in [1.29, 1.82) is 0 Å². The zero-order valence-electron chi connectivity index (χ0n) is 17.7. The number of para-hydroxylation sites is 2. The number of ether oxygens (including phenoxy) is 2. The van der Waals surface area contributed by atoms with Crippen molar-refractivity contribution in [3.63, 3.8) is 0 Å². The molecule has 0 bridgehead atoms. The van der Waals surface area contributed by atoms with E-state index in [1.165, 1.54) is 4.70 Å². The molecule has 0 aliphatic carbocycles. The molecule has 0 saturated carbocycles. The predicted molar refractivity (Wildman–Crippen MR) is 131 cm³/mol. The van der Waals surface area contributed by atoms with E-state index in [0.717, 1.165) is 33.0 Å². The number of fused-ring (bicyclic) bond motifs is 1. The Morgan fingerprint density at radius 1 is 0.844 bits per heavy atom. The molecule has 0 aliphatic heterocycles. The average molecular weight is 440 g/mol. The van der Waals surface area contributed by atoms with Gasteiger partial charge in [0.25, 0.3) is 0 Å². The molecule has 32 heavy (non-hydrogen) atoms. The summed E-state index contributed by atoms with van der Waals surface area (Å²) in [4.78, 5) is 4.71. The van der Waals surface area contributed by atoms with Crippen LogP contribution in [0.15, 0.2) is 79.0 Å². The second-order valence-electron chi connectivity index (χ2n) is 7.14. The number of methoxy groups -OCH3 is 2. The van der Waals surface area contributed by atoms with E-state index in [-0.39, 0.29) is 0 Å². The number of benzene rings is 3. The Morgan fingerprint density at radius 3 is 2.41 bits per heavy atom. The lowest BCUT2D eigenvalue weighted by atomic mass is 10.1. The van der Waals surface area contributed by atoms with Gasteiger partial charge in [0, 0.05) is 17.3 Å². The van der Waals surface area contributed by atoms with Crippen LogP contribution in [0.5, 0.6) is 11.5 Å². The number of hydrogen-bond acceptors (Lipinski definition) is 5. The Balaban J connectivity index is 1.59. The molecular weight excluding hydrogens is 418 g/mol. The van der Waals surface area contributed by atoms with Gasteiger partial charge in [-0.2, -0.15) is 5.10 Å². The molecule has 0 N–H and O–H groups in total. The molecule has 158 valence electrons. The Kier molecular flexibility index (Phi) is 5.44. The summed E-state index contributed by atoms with van der Waals surface area (Å²) in [5.74, 6) is 1.35. The van der Waals surface area contributed by atoms with Gasteiger partial charge in [-0.05, 0) is 54.6 Å². The van der Waals surface area contributed by atoms with E-state index in [4.69, 9.17) is 19.6 Å². The molecule has 0 amide bonds. The summed E-state index contributed by atoms with van der Waals surface area (Å²) >= 11 is 1.67.